The van der Waals surface area contributed by atoms with Crippen LogP contribution in [0.15, 0.2) is 35.6 Å². The van der Waals surface area contributed by atoms with Crippen molar-refractivity contribution in [2.75, 3.05) is 6.54 Å². The van der Waals surface area contributed by atoms with Crippen LogP contribution in [-0.4, -0.2) is 6.54 Å². The van der Waals surface area contributed by atoms with Crippen LogP contribution in [0.5, 0.6) is 0 Å². The molecule has 0 aliphatic rings. The molecule has 0 radical (unpaired) electrons. The Morgan fingerprint density at radius 3 is 2.38 bits per heavy atom. The Morgan fingerprint density at radius 2 is 1.81 bits per heavy atom. The highest BCUT2D eigenvalue weighted by molar-refractivity contribution is 5.04. The monoisotopic (exact) mass is 221 g/mol. The highest BCUT2D eigenvalue weighted by Crippen LogP contribution is 2.06. The molecule has 0 aliphatic heterocycles. The average Bonchev–Trinajstić information content (AvgIpc) is 2.17. The Balaban J connectivity index is 3.70. The van der Waals surface area contributed by atoms with Gasteiger partial charge in [-0.1, -0.05) is 43.2 Å². The molecule has 1 heteroatoms. The highest BCUT2D eigenvalue weighted by atomic mass is 14.9. The maximum Gasteiger partial charge on any atom is 0.0330 e. The molecule has 0 spiro atoms. The zero-order chi connectivity index (χ0) is 12.4. The van der Waals surface area contributed by atoms with E-state index in [9.17, 15) is 0 Å². The van der Waals surface area contributed by atoms with Gasteiger partial charge in [-0.15, -0.1) is 0 Å². The van der Waals surface area contributed by atoms with Crippen LogP contribution in [0.3, 0.4) is 0 Å². The van der Waals surface area contributed by atoms with Gasteiger partial charge in [-0.3, -0.25) is 0 Å². The maximum atomic E-state index is 3.98. The first kappa shape index (κ1) is 15.0. The number of hydrogen-bond donors (Lipinski definition) is 1. The van der Waals surface area contributed by atoms with Crippen molar-refractivity contribution in [1.82, 2.24) is 5.32 Å². The molecule has 0 amide bonds. The van der Waals surface area contributed by atoms with Gasteiger partial charge in [-0.25, -0.2) is 0 Å². The van der Waals surface area contributed by atoms with Crippen molar-refractivity contribution in [1.29, 1.82) is 0 Å². The van der Waals surface area contributed by atoms with E-state index in [1.54, 1.807) is 0 Å². The van der Waals surface area contributed by atoms with E-state index in [1.807, 2.05) is 0 Å². The SMILES string of the molecule is C=C(CCC)NC/C=C(/C)CCC=C(C)C. The summed E-state index contributed by atoms with van der Waals surface area (Å²) in [7, 11) is 0. The van der Waals surface area contributed by atoms with Crippen LogP contribution in [-0.2, 0) is 0 Å². The summed E-state index contributed by atoms with van der Waals surface area (Å²) in [5.41, 5.74) is 4.01. The fourth-order valence-corrected chi connectivity index (χ4v) is 1.45. The fraction of sp³-hybridized carbons (Fsp3) is 0.600. The van der Waals surface area contributed by atoms with Gasteiger partial charge in [0.05, 0.1) is 0 Å². The van der Waals surface area contributed by atoms with E-state index in [1.165, 1.54) is 11.1 Å². The molecule has 0 aromatic rings. The normalized spacial score (nSPS) is 11.1. The van der Waals surface area contributed by atoms with E-state index >= 15 is 0 Å². The zero-order valence-electron chi connectivity index (χ0n) is 11.4. The third kappa shape index (κ3) is 9.57. The van der Waals surface area contributed by atoms with Crippen LogP contribution < -0.4 is 5.32 Å². The molecule has 0 aromatic heterocycles. The average molecular weight is 221 g/mol. The van der Waals surface area contributed by atoms with E-state index in [-0.39, 0.29) is 0 Å². The minimum absolute atomic E-state index is 0.916. The van der Waals surface area contributed by atoms with Gasteiger partial charge in [0.25, 0.3) is 0 Å². The summed E-state index contributed by atoms with van der Waals surface area (Å²) in [6, 6.07) is 0. The first-order valence-electron chi connectivity index (χ1n) is 6.27. The first-order valence-corrected chi connectivity index (χ1v) is 6.27. The summed E-state index contributed by atoms with van der Waals surface area (Å²) in [5.74, 6) is 0. The Labute approximate surface area is 101 Å². The number of nitrogens with one attached hydrogen (secondary N) is 1. The molecule has 92 valence electrons. The van der Waals surface area contributed by atoms with Crippen molar-refractivity contribution in [3.63, 3.8) is 0 Å². The topological polar surface area (TPSA) is 12.0 Å². The van der Waals surface area contributed by atoms with Gasteiger partial charge in [0.1, 0.15) is 0 Å². The minimum atomic E-state index is 0.916. The fourth-order valence-electron chi connectivity index (χ4n) is 1.45. The molecule has 0 unspecified atom stereocenters. The van der Waals surface area contributed by atoms with Gasteiger partial charge in [0.2, 0.25) is 0 Å². The molecular formula is C15H27N. The van der Waals surface area contributed by atoms with Crippen molar-refractivity contribution in [3.8, 4) is 0 Å². The maximum absolute atomic E-state index is 3.98. The first-order chi connectivity index (χ1) is 7.56. The molecule has 1 N–H and O–H groups in total. The standard InChI is InChI=1S/C15H27N/c1-6-8-15(5)16-12-11-14(4)10-7-9-13(2)3/h9,11,16H,5-8,10,12H2,1-4H3/b14-11-. The second-order valence-electron chi connectivity index (χ2n) is 4.61. The van der Waals surface area contributed by atoms with Crippen molar-refractivity contribution in [2.45, 2.75) is 53.4 Å². The molecule has 0 heterocycles. The van der Waals surface area contributed by atoms with Crippen molar-refractivity contribution >= 4 is 0 Å². The molecule has 0 aliphatic carbocycles. The van der Waals surface area contributed by atoms with Crippen LogP contribution in [0.25, 0.3) is 0 Å². The molecule has 0 fully saturated rings. The lowest BCUT2D eigenvalue weighted by atomic mass is 10.1. The predicted molar refractivity (Wildman–Crippen MR) is 74.5 cm³/mol. The van der Waals surface area contributed by atoms with Gasteiger partial charge >= 0.3 is 0 Å². The third-order valence-corrected chi connectivity index (χ3v) is 2.45. The Hall–Kier alpha value is -0.980. The summed E-state index contributed by atoms with van der Waals surface area (Å²) < 4.78 is 0. The molecule has 0 atom stereocenters. The number of hydrogen-bond acceptors (Lipinski definition) is 1. The molecule has 0 bridgehead atoms. The summed E-state index contributed by atoms with van der Waals surface area (Å²) in [4.78, 5) is 0. The summed E-state index contributed by atoms with van der Waals surface area (Å²) in [6.45, 7) is 13.6. The van der Waals surface area contributed by atoms with Crippen molar-refractivity contribution in [2.24, 2.45) is 0 Å². The van der Waals surface area contributed by atoms with Gasteiger partial charge in [0, 0.05) is 12.2 Å². The molecule has 0 saturated heterocycles. The zero-order valence-corrected chi connectivity index (χ0v) is 11.4. The van der Waals surface area contributed by atoms with Crippen LogP contribution in [0.2, 0.25) is 0 Å². The van der Waals surface area contributed by atoms with Gasteiger partial charge < -0.3 is 5.32 Å². The molecule has 16 heavy (non-hydrogen) atoms. The Bertz CT molecular complexity index is 255. The predicted octanol–water partition coefficient (Wildman–Crippen LogP) is 4.58. The van der Waals surface area contributed by atoms with Crippen molar-refractivity contribution in [3.05, 3.63) is 35.6 Å². The second-order valence-corrected chi connectivity index (χ2v) is 4.61. The smallest absolute Gasteiger partial charge is 0.0330 e. The van der Waals surface area contributed by atoms with E-state index in [4.69, 9.17) is 0 Å². The van der Waals surface area contributed by atoms with Gasteiger partial charge in [-0.2, -0.15) is 0 Å². The number of rotatable bonds is 8. The summed E-state index contributed by atoms with van der Waals surface area (Å²) in [6.07, 6.45) is 9.11. The summed E-state index contributed by atoms with van der Waals surface area (Å²) >= 11 is 0. The van der Waals surface area contributed by atoms with E-state index in [2.05, 4.69) is 51.7 Å². The van der Waals surface area contributed by atoms with Crippen molar-refractivity contribution < 1.29 is 0 Å². The molecular weight excluding hydrogens is 194 g/mol. The van der Waals surface area contributed by atoms with Crippen LogP contribution in [0.1, 0.15) is 53.4 Å². The Kier molecular flexibility index (Phi) is 8.69. The lowest BCUT2D eigenvalue weighted by molar-refractivity contribution is 0.784. The Morgan fingerprint density at radius 1 is 1.12 bits per heavy atom. The lowest BCUT2D eigenvalue weighted by Crippen LogP contribution is -2.12. The van der Waals surface area contributed by atoms with E-state index in [0.29, 0.717) is 0 Å². The minimum Gasteiger partial charge on any atom is -0.385 e. The van der Waals surface area contributed by atoms with E-state index in [0.717, 1.165) is 37.9 Å². The largest absolute Gasteiger partial charge is 0.385 e. The molecule has 0 aromatic carbocycles. The van der Waals surface area contributed by atoms with Crippen LogP contribution >= 0.6 is 0 Å². The molecule has 0 saturated carbocycles. The van der Waals surface area contributed by atoms with E-state index < -0.39 is 0 Å². The van der Waals surface area contributed by atoms with Crippen LogP contribution in [0, 0.1) is 0 Å². The van der Waals surface area contributed by atoms with Gasteiger partial charge in [-0.05, 0) is 40.0 Å². The summed E-state index contributed by atoms with van der Waals surface area (Å²) in [5, 5.41) is 3.33. The lowest BCUT2D eigenvalue weighted by Gasteiger charge is -2.06. The third-order valence-electron chi connectivity index (χ3n) is 2.45. The highest BCUT2D eigenvalue weighted by Gasteiger charge is 1.91. The molecule has 0 rings (SSSR count). The van der Waals surface area contributed by atoms with Crippen LogP contribution in [0.4, 0.5) is 0 Å². The number of allylic oxidation sites excluding steroid dienone is 4. The second kappa shape index (κ2) is 9.26. The molecule has 1 nitrogen and oxygen atoms in total. The quantitative estimate of drug-likeness (QED) is 0.591. The van der Waals surface area contributed by atoms with Gasteiger partial charge in [0.15, 0.2) is 0 Å².